The molecule has 1 unspecified atom stereocenters. The van der Waals surface area contributed by atoms with Gasteiger partial charge in [0, 0.05) is 15.2 Å². The van der Waals surface area contributed by atoms with E-state index in [4.69, 9.17) is 0 Å². The van der Waals surface area contributed by atoms with Crippen LogP contribution >= 0.6 is 22.6 Å². The van der Waals surface area contributed by atoms with E-state index < -0.39 is 6.10 Å². The molecule has 0 saturated heterocycles. The van der Waals surface area contributed by atoms with Gasteiger partial charge in [0.25, 0.3) is 0 Å². The first kappa shape index (κ1) is 12.6. The van der Waals surface area contributed by atoms with E-state index in [1.54, 1.807) is 6.20 Å². The van der Waals surface area contributed by atoms with Crippen LogP contribution < -0.4 is 0 Å². The van der Waals surface area contributed by atoms with E-state index >= 15 is 0 Å². The molecule has 3 aromatic rings. The zero-order valence-electron chi connectivity index (χ0n) is 10.1. The molecule has 1 N–H and O–H groups in total. The first-order valence-electron chi connectivity index (χ1n) is 6.02. The molecular weight excluding hydrogens is 349 g/mol. The Kier molecular flexibility index (Phi) is 3.48. The second-order valence-electron chi connectivity index (χ2n) is 4.41. The van der Waals surface area contributed by atoms with Crippen molar-refractivity contribution >= 4 is 33.5 Å². The summed E-state index contributed by atoms with van der Waals surface area (Å²) >= 11 is 2.25. The molecule has 0 bridgehead atoms. The summed E-state index contributed by atoms with van der Waals surface area (Å²) in [5.41, 5.74) is 2.67. The number of hydrogen-bond donors (Lipinski definition) is 1. The first-order valence-corrected chi connectivity index (χ1v) is 7.10. The van der Waals surface area contributed by atoms with Crippen LogP contribution in [0.2, 0.25) is 0 Å². The fourth-order valence-corrected chi connectivity index (χ4v) is 2.45. The average Bonchev–Trinajstić information content (AvgIpc) is 2.47. The molecule has 1 atom stereocenters. The van der Waals surface area contributed by atoms with Crippen molar-refractivity contribution in [2.24, 2.45) is 0 Å². The van der Waals surface area contributed by atoms with E-state index in [1.807, 2.05) is 54.6 Å². The van der Waals surface area contributed by atoms with E-state index in [-0.39, 0.29) is 0 Å². The molecule has 0 aliphatic heterocycles. The second-order valence-corrected chi connectivity index (χ2v) is 5.66. The SMILES string of the molecule is OC(c1ccc(I)cc1)c1ccc2cccnc2c1. The van der Waals surface area contributed by atoms with Gasteiger partial charge >= 0.3 is 0 Å². The molecule has 0 aliphatic rings. The first-order chi connectivity index (χ1) is 9.24. The third-order valence-corrected chi connectivity index (χ3v) is 3.85. The van der Waals surface area contributed by atoms with Gasteiger partial charge in [0.15, 0.2) is 0 Å². The molecule has 2 nitrogen and oxygen atoms in total. The zero-order chi connectivity index (χ0) is 13.2. The van der Waals surface area contributed by atoms with Gasteiger partial charge in [0.2, 0.25) is 0 Å². The maximum absolute atomic E-state index is 10.4. The number of pyridine rings is 1. The number of aromatic nitrogens is 1. The Morgan fingerprint density at radius 3 is 2.47 bits per heavy atom. The fourth-order valence-electron chi connectivity index (χ4n) is 2.09. The smallest absolute Gasteiger partial charge is 0.104 e. The molecule has 0 amide bonds. The summed E-state index contributed by atoms with van der Waals surface area (Å²) in [7, 11) is 0. The Morgan fingerprint density at radius 2 is 1.68 bits per heavy atom. The molecule has 0 spiro atoms. The molecule has 3 heteroatoms. The third kappa shape index (κ3) is 2.62. The number of aliphatic hydroxyl groups is 1. The quantitative estimate of drug-likeness (QED) is 0.702. The molecule has 1 heterocycles. The number of aliphatic hydroxyl groups excluding tert-OH is 1. The standard InChI is InChI=1S/C16H12INO/c17-14-7-5-12(6-8-14)16(19)13-4-3-11-2-1-9-18-15(11)10-13/h1-10,16,19H. The van der Waals surface area contributed by atoms with E-state index in [0.717, 1.165) is 25.6 Å². The van der Waals surface area contributed by atoms with E-state index in [2.05, 4.69) is 27.6 Å². The molecular formula is C16H12INO. The summed E-state index contributed by atoms with van der Waals surface area (Å²) in [6.45, 7) is 0. The molecule has 0 saturated carbocycles. The lowest BCUT2D eigenvalue weighted by Gasteiger charge is -2.12. The minimum absolute atomic E-state index is 0.608. The van der Waals surface area contributed by atoms with Crippen LogP contribution in [0.1, 0.15) is 17.2 Å². The maximum atomic E-state index is 10.4. The van der Waals surface area contributed by atoms with Gasteiger partial charge in [0.1, 0.15) is 6.10 Å². The molecule has 2 aromatic carbocycles. The van der Waals surface area contributed by atoms with Crippen LogP contribution in [-0.2, 0) is 0 Å². The predicted molar refractivity (Wildman–Crippen MR) is 85.0 cm³/mol. The van der Waals surface area contributed by atoms with Crippen LogP contribution in [0.3, 0.4) is 0 Å². The number of benzene rings is 2. The highest BCUT2D eigenvalue weighted by atomic mass is 127. The molecule has 19 heavy (non-hydrogen) atoms. The van der Waals surface area contributed by atoms with Crippen molar-refractivity contribution in [3.05, 3.63) is 75.5 Å². The van der Waals surface area contributed by atoms with E-state index in [0.29, 0.717) is 0 Å². The monoisotopic (exact) mass is 361 g/mol. The highest BCUT2D eigenvalue weighted by Gasteiger charge is 2.10. The lowest BCUT2D eigenvalue weighted by atomic mass is 10.0. The molecule has 0 fully saturated rings. The van der Waals surface area contributed by atoms with Crippen molar-refractivity contribution in [2.45, 2.75) is 6.10 Å². The van der Waals surface area contributed by atoms with Gasteiger partial charge in [-0.3, -0.25) is 4.98 Å². The van der Waals surface area contributed by atoms with E-state index in [1.165, 1.54) is 0 Å². The Labute approximate surface area is 125 Å². The third-order valence-electron chi connectivity index (χ3n) is 3.13. The molecule has 0 radical (unpaired) electrons. The van der Waals surface area contributed by atoms with Crippen molar-refractivity contribution in [1.29, 1.82) is 0 Å². The average molecular weight is 361 g/mol. The van der Waals surface area contributed by atoms with Gasteiger partial charge in [-0.25, -0.2) is 0 Å². The van der Waals surface area contributed by atoms with Gasteiger partial charge in [-0.1, -0.05) is 30.3 Å². The van der Waals surface area contributed by atoms with Gasteiger partial charge in [0.05, 0.1) is 5.52 Å². The number of fused-ring (bicyclic) bond motifs is 1. The minimum Gasteiger partial charge on any atom is -0.384 e. The van der Waals surface area contributed by atoms with Crippen molar-refractivity contribution in [3.63, 3.8) is 0 Å². The number of rotatable bonds is 2. The van der Waals surface area contributed by atoms with Gasteiger partial charge < -0.3 is 5.11 Å². The fraction of sp³-hybridized carbons (Fsp3) is 0.0625. The van der Waals surface area contributed by atoms with E-state index in [9.17, 15) is 5.11 Å². The van der Waals surface area contributed by atoms with Crippen LogP contribution in [-0.4, -0.2) is 10.1 Å². The molecule has 0 aliphatic carbocycles. The van der Waals surface area contributed by atoms with Crippen LogP contribution in [0.15, 0.2) is 60.8 Å². The second kappa shape index (κ2) is 5.27. The van der Waals surface area contributed by atoms with Crippen LogP contribution in [0.25, 0.3) is 10.9 Å². The lowest BCUT2D eigenvalue weighted by molar-refractivity contribution is 0.220. The summed E-state index contributed by atoms with van der Waals surface area (Å²) in [6, 6.07) is 17.7. The zero-order valence-corrected chi connectivity index (χ0v) is 12.3. The topological polar surface area (TPSA) is 33.1 Å². The van der Waals surface area contributed by atoms with Crippen LogP contribution in [0, 0.1) is 3.57 Å². The summed E-state index contributed by atoms with van der Waals surface area (Å²) in [6.07, 6.45) is 1.16. The van der Waals surface area contributed by atoms with Crippen molar-refractivity contribution in [3.8, 4) is 0 Å². The Bertz CT molecular complexity index is 709. The Balaban J connectivity index is 2.01. The van der Waals surface area contributed by atoms with Gasteiger partial charge in [-0.15, -0.1) is 0 Å². The van der Waals surface area contributed by atoms with Gasteiger partial charge in [-0.2, -0.15) is 0 Å². The summed E-state index contributed by atoms with van der Waals surface area (Å²) in [5, 5.41) is 11.5. The van der Waals surface area contributed by atoms with Gasteiger partial charge in [-0.05, 0) is 58.0 Å². The lowest BCUT2D eigenvalue weighted by Crippen LogP contribution is -1.99. The predicted octanol–water partition coefficient (Wildman–Crippen LogP) is 3.92. The van der Waals surface area contributed by atoms with Crippen molar-refractivity contribution in [2.75, 3.05) is 0 Å². The molecule has 3 rings (SSSR count). The largest absolute Gasteiger partial charge is 0.384 e. The number of halogens is 1. The number of nitrogens with zero attached hydrogens (tertiary/aromatic N) is 1. The Hall–Kier alpha value is -1.46. The summed E-state index contributed by atoms with van der Waals surface area (Å²) in [5.74, 6) is 0. The number of hydrogen-bond acceptors (Lipinski definition) is 2. The summed E-state index contributed by atoms with van der Waals surface area (Å²) in [4.78, 5) is 4.32. The van der Waals surface area contributed by atoms with Crippen LogP contribution in [0.4, 0.5) is 0 Å². The minimum atomic E-state index is -0.608. The highest BCUT2D eigenvalue weighted by Crippen LogP contribution is 2.25. The summed E-state index contributed by atoms with van der Waals surface area (Å²) < 4.78 is 1.16. The molecule has 1 aromatic heterocycles. The normalized spacial score (nSPS) is 12.5. The maximum Gasteiger partial charge on any atom is 0.104 e. The van der Waals surface area contributed by atoms with Crippen LogP contribution in [0.5, 0.6) is 0 Å². The van der Waals surface area contributed by atoms with Crippen molar-refractivity contribution in [1.82, 2.24) is 4.98 Å². The Morgan fingerprint density at radius 1 is 0.947 bits per heavy atom. The molecule has 94 valence electrons. The van der Waals surface area contributed by atoms with Crippen molar-refractivity contribution < 1.29 is 5.11 Å². The highest BCUT2D eigenvalue weighted by molar-refractivity contribution is 14.1.